The molecule has 0 saturated heterocycles. The fourth-order valence-electron chi connectivity index (χ4n) is 1.13. The van der Waals surface area contributed by atoms with Crippen molar-refractivity contribution in [2.75, 3.05) is 6.54 Å². The van der Waals surface area contributed by atoms with Gasteiger partial charge in [-0.2, -0.15) is 0 Å². The smallest absolute Gasteiger partial charge is 0.303 e. The first kappa shape index (κ1) is 15.6. The number of hydrogen-bond donors (Lipinski definition) is 2. The van der Waals surface area contributed by atoms with Crippen LogP contribution >= 0.6 is 24.0 Å². The Bertz CT molecular complexity index is 120. The Hall–Kier alpha value is 0.160. The van der Waals surface area contributed by atoms with Crippen molar-refractivity contribution >= 4 is 29.9 Å². The van der Waals surface area contributed by atoms with Gasteiger partial charge in [0.1, 0.15) is 0 Å². The quantitative estimate of drug-likeness (QED) is 0.534. The van der Waals surface area contributed by atoms with Crippen LogP contribution < -0.4 is 5.73 Å². The third-order valence-electron chi connectivity index (χ3n) is 1.84. The monoisotopic (exact) mass is 301 g/mol. The van der Waals surface area contributed by atoms with E-state index in [1.54, 1.807) is 0 Å². The predicted octanol–water partition coefficient (Wildman–Crippen LogP) is 2.38. The maximum absolute atomic E-state index is 10.1. The number of nitrogens with two attached hydrogens (primary N) is 1. The van der Waals surface area contributed by atoms with E-state index < -0.39 is 5.97 Å². The molecule has 0 amide bonds. The molecule has 0 aliphatic heterocycles. The van der Waals surface area contributed by atoms with E-state index >= 15 is 0 Å². The number of carbonyl (C=O) groups is 1. The van der Waals surface area contributed by atoms with Crippen LogP contribution in [0.5, 0.6) is 0 Å². The van der Waals surface area contributed by atoms with Gasteiger partial charge in [0.25, 0.3) is 0 Å². The molecule has 0 heterocycles. The van der Waals surface area contributed by atoms with Crippen LogP contribution in [0.25, 0.3) is 0 Å². The second-order valence-electron chi connectivity index (χ2n) is 3.05. The molecule has 3 nitrogen and oxygen atoms in total. The van der Waals surface area contributed by atoms with Gasteiger partial charge in [0.05, 0.1) is 0 Å². The van der Waals surface area contributed by atoms with Crippen molar-refractivity contribution < 1.29 is 9.90 Å². The lowest BCUT2D eigenvalue weighted by molar-refractivity contribution is -0.137. The molecule has 0 bridgehead atoms. The SMILES string of the molecule is I.NCCCCCCCCC(=O)O. The molecule has 0 aromatic carbocycles. The molecule has 0 aliphatic rings. The highest BCUT2D eigenvalue weighted by atomic mass is 127. The summed E-state index contributed by atoms with van der Waals surface area (Å²) in [6, 6.07) is 0. The summed E-state index contributed by atoms with van der Waals surface area (Å²) in [4.78, 5) is 10.1. The topological polar surface area (TPSA) is 63.3 Å². The average Bonchev–Trinajstić information content (AvgIpc) is 2.02. The third-order valence-corrected chi connectivity index (χ3v) is 1.84. The molecular weight excluding hydrogens is 281 g/mol. The number of rotatable bonds is 8. The number of aliphatic carboxylic acids is 1. The first-order chi connectivity index (χ1) is 5.77. The van der Waals surface area contributed by atoms with E-state index in [2.05, 4.69) is 0 Å². The largest absolute Gasteiger partial charge is 0.481 e. The van der Waals surface area contributed by atoms with E-state index in [0.29, 0.717) is 6.42 Å². The Morgan fingerprint density at radius 2 is 1.46 bits per heavy atom. The Kier molecular flexibility index (Phi) is 14.6. The van der Waals surface area contributed by atoms with Gasteiger partial charge in [-0.3, -0.25) is 4.79 Å². The Morgan fingerprint density at radius 1 is 1.00 bits per heavy atom. The summed E-state index contributed by atoms with van der Waals surface area (Å²) in [5.74, 6) is -0.683. The highest BCUT2D eigenvalue weighted by Crippen LogP contribution is 2.06. The van der Waals surface area contributed by atoms with Crippen LogP contribution in [-0.4, -0.2) is 17.6 Å². The number of carboxylic acids is 1. The van der Waals surface area contributed by atoms with Gasteiger partial charge in [0, 0.05) is 6.42 Å². The lowest BCUT2D eigenvalue weighted by Crippen LogP contribution is -1.97. The minimum absolute atomic E-state index is 0. The van der Waals surface area contributed by atoms with Crippen LogP contribution in [0.4, 0.5) is 0 Å². The Balaban J connectivity index is 0. The molecule has 0 unspecified atom stereocenters. The minimum atomic E-state index is -0.683. The second-order valence-corrected chi connectivity index (χ2v) is 3.05. The van der Waals surface area contributed by atoms with E-state index in [1.807, 2.05) is 0 Å². The van der Waals surface area contributed by atoms with Crippen LogP contribution in [0.15, 0.2) is 0 Å². The van der Waals surface area contributed by atoms with Crippen molar-refractivity contribution in [1.29, 1.82) is 0 Å². The Morgan fingerprint density at radius 3 is 1.92 bits per heavy atom. The van der Waals surface area contributed by atoms with Gasteiger partial charge in [-0.05, 0) is 19.4 Å². The van der Waals surface area contributed by atoms with Crippen LogP contribution in [-0.2, 0) is 4.79 Å². The number of unbranched alkanes of at least 4 members (excludes halogenated alkanes) is 5. The molecule has 0 saturated carbocycles. The minimum Gasteiger partial charge on any atom is -0.481 e. The summed E-state index contributed by atoms with van der Waals surface area (Å²) in [6.07, 6.45) is 6.79. The molecule has 80 valence electrons. The zero-order valence-corrected chi connectivity index (χ0v) is 10.3. The van der Waals surface area contributed by atoms with Crippen molar-refractivity contribution in [2.24, 2.45) is 5.73 Å². The molecule has 0 rings (SSSR count). The summed E-state index contributed by atoms with van der Waals surface area (Å²) in [6.45, 7) is 0.773. The average molecular weight is 301 g/mol. The van der Waals surface area contributed by atoms with Gasteiger partial charge in [-0.1, -0.05) is 25.7 Å². The van der Waals surface area contributed by atoms with Gasteiger partial charge in [-0.15, -0.1) is 24.0 Å². The van der Waals surface area contributed by atoms with E-state index in [9.17, 15) is 4.79 Å². The molecular formula is C9H20INO2. The van der Waals surface area contributed by atoms with E-state index in [-0.39, 0.29) is 24.0 Å². The maximum Gasteiger partial charge on any atom is 0.303 e. The summed E-state index contributed by atoms with van der Waals surface area (Å²) in [5.41, 5.74) is 5.33. The van der Waals surface area contributed by atoms with Crippen LogP contribution in [0.3, 0.4) is 0 Å². The molecule has 0 aliphatic carbocycles. The fraction of sp³-hybridized carbons (Fsp3) is 0.889. The second kappa shape index (κ2) is 12.2. The van der Waals surface area contributed by atoms with Crippen molar-refractivity contribution in [3.05, 3.63) is 0 Å². The standard InChI is InChI=1S/C9H19NO2.HI/c10-8-6-4-2-1-3-5-7-9(11)12;/h1-8,10H2,(H,11,12);1H. The van der Waals surface area contributed by atoms with Crippen molar-refractivity contribution in [3.8, 4) is 0 Å². The van der Waals surface area contributed by atoms with E-state index in [4.69, 9.17) is 10.8 Å². The molecule has 0 fully saturated rings. The Labute approximate surface area is 97.1 Å². The van der Waals surface area contributed by atoms with Crippen molar-refractivity contribution in [2.45, 2.75) is 44.9 Å². The third kappa shape index (κ3) is 15.0. The number of carboxylic acid groups (broad SMARTS) is 1. The maximum atomic E-state index is 10.1. The van der Waals surface area contributed by atoms with Gasteiger partial charge >= 0.3 is 5.97 Å². The number of hydrogen-bond acceptors (Lipinski definition) is 2. The van der Waals surface area contributed by atoms with Crippen LogP contribution in [0, 0.1) is 0 Å². The predicted molar refractivity (Wildman–Crippen MR) is 64.4 cm³/mol. The first-order valence-electron chi connectivity index (χ1n) is 4.69. The van der Waals surface area contributed by atoms with Crippen molar-refractivity contribution in [1.82, 2.24) is 0 Å². The van der Waals surface area contributed by atoms with Crippen molar-refractivity contribution in [3.63, 3.8) is 0 Å². The molecule has 3 N–H and O–H groups in total. The van der Waals surface area contributed by atoms with E-state index in [0.717, 1.165) is 32.2 Å². The summed E-state index contributed by atoms with van der Waals surface area (Å²) in [5, 5.41) is 8.34. The number of halogens is 1. The van der Waals surface area contributed by atoms with Gasteiger partial charge in [0.2, 0.25) is 0 Å². The highest BCUT2D eigenvalue weighted by molar-refractivity contribution is 14.0. The lowest BCUT2D eigenvalue weighted by Gasteiger charge is -1.98. The molecule has 0 radical (unpaired) electrons. The van der Waals surface area contributed by atoms with Gasteiger partial charge < -0.3 is 10.8 Å². The molecule has 0 aromatic rings. The van der Waals surface area contributed by atoms with Gasteiger partial charge in [-0.25, -0.2) is 0 Å². The molecule has 13 heavy (non-hydrogen) atoms. The fourth-order valence-corrected chi connectivity index (χ4v) is 1.13. The molecule has 0 atom stereocenters. The summed E-state index contributed by atoms with van der Waals surface area (Å²) in [7, 11) is 0. The van der Waals surface area contributed by atoms with E-state index in [1.165, 1.54) is 12.8 Å². The summed E-state index contributed by atoms with van der Waals surface area (Å²) < 4.78 is 0. The lowest BCUT2D eigenvalue weighted by atomic mass is 10.1. The normalized spacial score (nSPS) is 9.31. The summed E-state index contributed by atoms with van der Waals surface area (Å²) >= 11 is 0. The molecule has 0 aromatic heterocycles. The zero-order valence-electron chi connectivity index (χ0n) is 8.00. The van der Waals surface area contributed by atoms with Gasteiger partial charge in [0.15, 0.2) is 0 Å². The first-order valence-corrected chi connectivity index (χ1v) is 4.69. The highest BCUT2D eigenvalue weighted by Gasteiger charge is 1.95. The molecule has 4 heteroatoms. The zero-order chi connectivity index (χ0) is 9.23. The molecule has 0 spiro atoms. The van der Waals surface area contributed by atoms with Crippen LogP contribution in [0.1, 0.15) is 44.9 Å². The van der Waals surface area contributed by atoms with Crippen LogP contribution in [0.2, 0.25) is 0 Å².